The van der Waals surface area contributed by atoms with Gasteiger partial charge in [0.1, 0.15) is 11.6 Å². The largest absolute Gasteiger partial charge is 0.299 e. The van der Waals surface area contributed by atoms with Crippen LogP contribution >= 0.6 is 0 Å². The molecule has 1 aromatic heterocycles. The van der Waals surface area contributed by atoms with Crippen LogP contribution < -0.4 is 0 Å². The zero-order chi connectivity index (χ0) is 20.7. The zero-order valence-corrected chi connectivity index (χ0v) is 17.5. The van der Waals surface area contributed by atoms with Crippen molar-refractivity contribution in [2.45, 2.75) is 34.6 Å². The van der Waals surface area contributed by atoms with Crippen LogP contribution in [0.25, 0.3) is 28.2 Å². The molecule has 0 saturated carbocycles. The maximum Gasteiger partial charge on any atom is 0.144 e. The Balaban J connectivity index is 1.91. The van der Waals surface area contributed by atoms with Crippen LogP contribution in [0, 0.1) is 40.4 Å². The van der Waals surface area contributed by atoms with Crippen LogP contribution in [0.5, 0.6) is 0 Å². The lowest BCUT2D eigenvalue weighted by Gasteiger charge is -2.16. The maximum atomic E-state index is 14.8. The van der Waals surface area contributed by atoms with Crippen LogP contribution in [0.2, 0.25) is 0 Å². The Morgan fingerprint density at radius 2 is 1.45 bits per heavy atom. The maximum absolute atomic E-state index is 14.8. The number of nitrogens with zero attached hydrogens (tertiary/aromatic N) is 2. The van der Waals surface area contributed by atoms with Gasteiger partial charge >= 0.3 is 0 Å². The molecule has 0 radical (unpaired) electrons. The molecule has 1 heterocycles. The number of rotatable bonds is 3. The summed E-state index contributed by atoms with van der Waals surface area (Å²) in [4.78, 5) is 4.62. The van der Waals surface area contributed by atoms with E-state index in [1.807, 2.05) is 50.4 Å². The van der Waals surface area contributed by atoms with Crippen molar-refractivity contribution in [2.75, 3.05) is 0 Å². The van der Waals surface area contributed by atoms with Gasteiger partial charge in [-0.25, -0.2) is 9.37 Å². The van der Waals surface area contributed by atoms with Gasteiger partial charge in [0.25, 0.3) is 0 Å². The molecule has 0 unspecified atom stereocenters. The van der Waals surface area contributed by atoms with Gasteiger partial charge < -0.3 is 0 Å². The summed E-state index contributed by atoms with van der Waals surface area (Å²) >= 11 is 0. The molecule has 0 aliphatic heterocycles. The molecule has 4 aromatic rings. The van der Waals surface area contributed by atoms with E-state index < -0.39 is 0 Å². The van der Waals surface area contributed by atoms with E-state index in [-0.39, 0.29) is 5.82 Å². The Morgan fingerprint density at radius 1 is 0.793 bits per heavy atom. The highest BCUT2D eigenvalue weighted by Crippen LogP contribution is 2.34. The molecule has 0 amide bonds. The molecule has 2 nitrogen and oxygen atoms in total. The Bertz CT molecular complexity index is 1170. The molecule has 0 bridgehead atoms. The van der Waals surface area contributed by atoms with Gasteiger partial charge in [0.2, 0.25) is 0 Å². The van der Waals surface area contributed by atoms with Crippen LogP contribution in [-0.2, 0) is 0 Å². The third kappa shape index (κ3) is 3.38. The molecule has 3 aromatic carbocycles. The number of halogens is 1. The summed E-state index contributed by atoms with van der Waals surface area (Å²) in [6.45, 7) is 10.4. The van der Waals surface area contributed by atoms with Crippen molar-refractivity contribution in [3.05, 3.63) is 94.6 Å². The monoisotopic (exact) mass is 384 g/mol. The quantitative estimate of drug-likeness (QED) is 0.376. The van der Waals surface area contributed by atoms with E-state index in [2.05, 4.69) is 42.5 Å². The lowest BCUT2D eigenvalue weighted by Crippen LogP contribution is -2.03. The molecule has 0 aliphatic carbocycles. The van der Waals surface area contributed by atoms with E-state index in [1.54, 1.807) is 12.3 Å². The molecular formula is C26H25FN2. The average molecular weight is 384 g/mol. The number of imidazole rings is 1. The fraction of sp³-hybridized carbons (Fsp3) is 0.192. The van der Waals surface area contributed by atoms with Gasteiger partial charge in [-0.05, 0) is 80.6 Å². The summed E-state index contributed by atoms with van der Waals surface area (Å²) in [7, 11) is 0. The van der Waals surface area contributed by atoms with Gasteiger partial charge in [-0.15, -0.1) is 0 Å². The minimum Gasteiger partial charge on any atom is -0.299 e. The summed E-state index contributed by atoms with van der Waals surface area (Å²) in [5.41, 5.74) is 9.35. The molecule has 3 heteroatoms. The summed E-state index contributed by atoms with van der Waals surface area (Å²) < 4.78 is 16.9. The highest BCUT2D eigenvalue weighted by molar-refractivity contribution is 5.76. The van der Waals surface area contributed by atoms with E-state index in [9.17, 15) is 4.39 Å². The van der Waals surface area contributed by atoms with Crippen molar-refractivity contribution in [1.82, 2.24) is 9.55 Å². The predicted octanol–water partition coefficient (Wildman–Crippen LogP) is 6.89. The van der Waals surface area contributed by atoms with Crippen molar-refractivity contribution < 1.29 is 4.39 Å². The molecule has 4 rings (SSSR count). The first-order chi connectivity index (χ1) is 13.9. The fourth-order valence-corrected chi connectivity index (χ4v) is 4.35. The van der Waals surface area contributed by atoms with Gasteiger partial charge in [0, 0.05) is 23.5 Å². The van der Waals surface area contributed by atoms with Crippen LogP contribution in [0.15, 0.2) is 60.9 Å². The van der Waals surface area contributed by atoms with E-state index in [1.165, 1.54) is 16.7 Å². The number of hydrogen-bond donors (Lipinski definition) is 0. The smallest absolute Gasteiger partial charge is 0.144 e. The van der Waals surface area contributed by atoms with Crippen LogP contribution in [0.4, 0.5) is 4.39 Å². The van der Waals surface area contributed by atoms with Crippen LogP contribution in [0.1, 0.15) is 27.8 Å². The molecule has 0 aliphatic rings. The van der Waals surface area contributed by atoms with Crippen molar-refractivity contribution in [2.24, 2.45) is 0 Å². The third-order valence-electron chi connectivity index (χ3n) is 5.49. The van der Waals surface area contributed by atoms with Crippen LogP contribution in [0.3, 0.4) is 0 Å². The summed E-state index contributed by atoms with van der Waals surface area (Å²) in [6, 6.07) is 15.7. The average Bonchev–Trinajstić information content (AvgIpc) is 3.11. The van der Waals surface area contributed by atoms with Gasteiger partial charge in [0.15, 0.2) is 0 Å². The van der Waals surface area contributed by atoms with E-state index in [0.717, 1.165) is 33.8 Å². The molecule has 0 atom stereocenters. The first-order valence-electron chi connectivity index (χ1n) is 9.85. The van der Waals surface area contributed by atoms with Crippen LogP contribution in [-0.4, -0.2) is 9.55 Å². The Morgan fingerprint density at radius 3 is 2.10 bits per heavy atom. The third-order valence-corrected chi connectivity index (χ3v) is 5.49. The standard InChI is InChI=1S/C26H25FN2/c1-16-13-19(4)25(20(5)14-16)29-12-11-28-26(29)21-9-10-23(27)22(15-21)24-17(2)7-6-8-18(24)3/h6-15H,1-5H3. The molecule has 0 saturated heterocycles. The van der Waals surface area contributed by atoms with E-state index in [0.29, 0.717) is 5.56 Å². The van der Waals surface area contributed by atoms with E-state index >= 15 is 0 Å². The van der Waals surface area contributed by atoms with Crippen molar-refractivity contribution in [1.29, 1.82) is 0 Å². The number of aryl methyl sites for hydroxylation is 5. The second kappa shape index (κ2) is 7.32. The van der Waals surface area contributed by atoms with Crippen molar-refractivity contribution in [3.63, 3.8) is 0 Å². The molecule has 0 fully saturated rings. The first kappa shape index (κ1) is 19.1. The van der Waals surface area contributed by atoms with Crippen molar-refractivity contribution >= 4 is 0 Å². The topological polar surface area (TPSA) is 17.8 Å². The SMILES string of the molecule is Cc1cc(C)c(-n2ccnc2-c2ccc(F)c(-c3c(C)cccc3C)c2)c(C)c1. The van der Waals surface area contributed by atoms with Gasteiger partial charge in [0.05, 0.1) is 5.69 Å². The zero-order valence-electron chi connectivity index (χ0n) is 17.5. The summed E-state index contributed by atoms with van der Waals surface area (Å²) in [5, 5.41) is 0. The Kier molecular flexibility index (Phi) is 4.83. The molecule has 0 spiro atoms. The molecular weight excluding hydrogens is 359 g/mol. The molecule has 29 heavy (non-hydrogen) atoms. The highest BCUT2D eigenvalue weighted by Gasteiger charge is 2.16. The minimum absolute atomic E-state index is 0.216. The Labute approximate surface area is 171 Å². The Hall–Kier alpha value is -3.20. The predicted molar refractivity (Wildman–Crippen MR) is 118 cm³/mol. The normalized spacial score (nSPS) is 11.1. The summed E-state index contributed by atoms with van der Waals surface area (Å²) in [6.07, 6.45) is 3.78. The highest BCUT2D eigenvalue weighted by atomic mass is 19.1. The molecule has 146 valence electrons. The van der Waals surface area contributed by atoms with Crippen molar-refractivity contribution in [3.8, 4) is 28.2 Å². The number of aromatic nitrogens is 2. The first-order valence-corrected chi connectivity index (χ1v) is 9.85. The fourth-order valence-electron chi connectivity index (χ4n) is 4.35. The lowest BCUT2D eigenvalue weighted by molar-refractivity contribution is 0.631. The van der Waals surface area contributed by atoms with Gasteiger partial charge in [-0.3, -0.25) is 4.57 Å². The molecule has 0 N–H and O–H groups in total. The summed E-state index contributed by atoms with van der Waals surface area (Å²) in [5.74, 6) is 0.597. The van der Waals surface area contributed by atoms with Gasteiger partial charge in [-0.2, -0.15) is 0 Å². The van der Waals surface area contributed by atoms with E-state index in [4.69, 9.17) is 0 Å². The van der Waals surface area contributed by atoms with Gasteiger partial charge in [-0.1, -0.05) is 35.9 Å². The second-order valence-corrected chi connectivity index (χ2v) is 7.83. The second-order valence-electron chi connectivity index (χ2n) is 7.83. The lowest BCUT2D eigenvalue weighted by atomic mass is 9.94. The number of benzene rings is 3. The minimum atomic E-state index is -0.216. The number of hydrogen-bond acceptors (Lipinski definition) is 1.